The molecule has 0 radical (unpaired) electrons. The highest BCUT2D eigenvalue weighted by atomic mass is 32.1. The SMILES string of the molecule is COC(=O)[C@@H](NC(=O)C1(NC(=O)c2ccc(-c3csc(N4CCN(C)CC4)n3)cc2)CCCCC1)c1ccccc1. The minimum absolute atomic E-state index is 0.320. The van der Waals surface area contributed by atoms with Crippen molar-refractivity contribution in [2.45, 2.75) is 43.7 Å². The summed E-state index contributed by atoms with van der Waals surface area (Å²) in [6.07, 6.45) is 3.60. The van der Waals surface area contributed by atoms with Gasteiger partial charge in [0.1, 0.15) is 5.54 Å². The quantitative estimate of drug-likeness (QED) is 0.391. The Morgan fingerprint density at radius 1 is 0.951 bits per heavy atom. The van der Waals surface area contributed by atoms with Gasteiger partial charge in [0.2, 0.25) is 5.91 Å². The van der Waals surface area contributed by atoms with Crippen LogP contribution in [0.25, 0.3) is 11.3 Å². The summed E-state index contributed by atoms with van der Waals surface area (Å²) in [5, 5.41) is 8.98. The lowest BCUT2D eigenvalue weighted by Crippen LogP contribution is -2.60. The Kier molecular flexibility index (Phi) is 8.99. The molecule has 1 aliphatic heterocycles. The molecule has 2 aromatic carbocycles. The van der Waals surface area contributed by atoms with Gasteiger partial charge >= 0.3 is 5.97 Å². The number of likely N-dealkylation sites (N-methyl/N-ethyl adjacent to an activating group) is 1. The third-order valence-corrected chi connectivity index (χ3v) is 8.95. The maximum atomic E-state index is 13.7. The average Bonchev–Trinajstić information content (AvgIpc) is 3.51. The number of aromatic nitrogens is 1. The molecular weight excluding hydrogens is 538 g/mol. The number of carbonyl (C=O) groups excluding carboxylic acids is 3. The Hall–Kier alpha value is -3.76. The van der Waals surface area contributed by atoms with E-state index in [1.54, 1.807) is 47.7 Å². The first-order chi connectivity index (χ1) is 19.9. The molecule has 2 amide bonds. The number of esters is 1. The third-order valence-electron chi connectivity index (χ3n) is 8.05. The first kappa shape index (κ1) is 28.8. The number of nitrogens with one attached hydrogen (secondary N) is 2. The van der Waals surface area contributed by atoms with Crippen LogP contribution in [0, 0.1) is 0 Å². The average molecular weight is 576 g/mol. The lowest BCUT2D eigenvalue weighted by molar-refractivity contribution is -0.146. The highest BCUT2D eigenvalue weighted by Gasteiger charge is 2.42. The number of thiazole rings is 1. The number of ether oxygens (including phenoxy) is 1. The fraction of sp³-hybridized carbons (Fsp3) is 0.419. The fourth-order valence-corrected chi connectivity index (χ4v) is 6.39. The number of carbonyl (C=O) groups is 3. The summed E-state index contributed by atoms with van der Waals surface area (Å²) in [6.45, 7) is 3.97. The van der Waals surface area contributed by atoms with E-state index in [2.05, 4.69) is 32.9 Å². The van der Waals surface area contributed by atoms with E-state index in [0.29, 0.717) is 24.0 Å². The number of nitrogens with zero attached hydrogens (tertiary/aromatic N) is 3. The molecule has 1 atom stereocenters. The van der Waals surface area contributed by atoms with Crippen LogP contribution in [0.15, 0.2) is 60.0 Å². The minimum Gasteiger partial charge on any atom is -0.467 e. The van der Waals surface area contributed by atoms with Crippen LogP contribution in [0.4, 0.5) is 5.13 Å². The Morgan fingerprint density at radius 2 is 1.63 bits per heavy atom. The van der Waals surface area contributed by atoms with Crippen LogP contribution in [-0.4, -0.2) is 73.5 Å². The van der Waals surface area contributed by atoms with Gasteiger partial charge in [-0.25, -0.2) is 9.78 Å². The lowest BCUT2D eigenvalue weighted by atomic mass is 9.80. The molecule has 0 unspecified atom stereocenters. The first-order valence-electron chi connectivity index (χ1n) is 14.1. The van der Waals surface area contributed by atoms with Gasteiger partial charge in [-0.15, -0.1) is 11.3 Å². The Bertz CT molecular complexity index is 1350. The van der Waals surface area contributed by atoms with Gasteiger partial charge in [0.05, 0.1) is 12.8 Å². The summed E-state index contributed by atoms with van der Waals surface area (Å²) < 4.78 is 4.98. The maximum absolute atomic E-state index is 13.7. The molecule has 3 aromatic rings. The van der Waals surface area contributed by atoms with Crippen LogP contribution in [-0.2, 0) is 14.3 Å². The number of hydrogen-bond acceptors (Lipinski definition) is 8. The van der Waals surface area contributed by atoms with E-state index in [9.17, 15) is 14.4 Å². The van der Waals surface area contributed by atoms with E-state index in [1.807, 2.05) is 18.2 Å². The molecule has 1 saturated carbocycles. The molecule has 1 aliphatic carbocycles. The van der Waals surface area contributed by atoms with Gasteiger partial charge in [-0.3, -0.25) is 9.59 Å². The van der Waals surface area contributed by atoms with Gasteiger partial charge in [0.25, 0.3) is 5.91 Å². The van der Waals surface area contributed by atoms with Crippen molar-refractivity contribution in [3.8, 4) is 11.3 Å². The summed E-state index contributed by atoms with van der Waals surface area (Å²) in [5.41, 5.74) is 1.80. The van der Waals surface area contributed by atoms with Crippen molar-refractivity contribution in [1.82, 2.24) is 20.5 Å². The van der Waals surface area contributed by atoms with E-state index in [0.717, 1.165) is 61.8 Å². The fourth-order valence-electron chi connectivity index (χ4n) is 5.50. The number of rotatable bonds is 8. The molecule has 5 rings (SSSR count). The molecule has 0 spiro atoms. The largest absolute Gasteiger partial charge is 0.467 e. The Labute approximate surface area is 244 Å². The van der Waals surface area contributed by atoms with Gasteiger partial charge in [-0.1, -0.05) is 61.7 Å². The number of hydrogen-bond donors (Lipinski definition) is 2. The van der Waals surface area contributed by atoms with Crippen molar-refractivity contribution < 1.29 is 19.1 Å². The molecule has 216 valence electrons. The monoisotopic (exact) mass is 575 g/mol. The third kappa shape index (κ3) is 6.60. The normalized spacial score (nSPS) is 17.9. The molecule has 2 heterocycles. The second-order valence-corrected chi connectivity index (χ2v) is 11.7. The zero-order valence-electron chi connectivity index (χ0n) is 23.6. The summed E-state index contributed by atoms with van der Waals surface area (Å²) >= 11 is 1.63. The molecule has 2 aliphatic rings. The summed E-state index contributed by atoms with van der Waals surface area (Å²) in [5.74, 6) is -1.25. The van der Waals surface area contributed by atoms with Crippen molar-refractivity contribution in [2.24, 2.45) is 0 Å². The van der Waals surface area contributed by atoms with Crippen molar-refractivity contribution in [3.63, 3.8) is 0 Å². The van der Waals surface area contributed by atoms with Crippen LogP contribution in [0.5, 0.6) is 0 Å². The molecule has 1 aromatic heterocycles. The van der Waals surface area contributed by atoms with Gasteiger partial charge < -0.3 is 25.2 Å². The predicted octanol–water partition coefficient (Wildman–Crippen LogP) is 4.03. The van der Waals surface area contributed by atoms with E-state index < -0.39 is 17.6 Å². The van der Waals surface area contributed by atoms with Crippen molar-refractivity contribution in [2.75, 3.05) is 45.2 Å². The Morgan fingerprint density at radius 3 is 2.29 bits per heavy atom. The molecule has 1 saturated heterocycles. The molecular formula is C31H37N5O4S. The smallest absolute Gasteiger partial charge is 0.333 e. The van der Waals surface area contributed by atoms with Gasteiger partial charge in [0.15, 0.2) is 11.2 Å². The molecule has 0 bridgehead atoms. The van der Waals surface area contributed by atoms with E-state index in [1.165, 1.54) is 7.11 Å². The second-order valence-electron chi connectivity index (χ2n) is 10.8. The van der Waals surface area contributed by atoms with Crippen LogP contribution in [0.3, 0.4) is 0 Å². The standard InChI is InChI=1S/C31H37N5O4S/c1-35-17-19-36(20-18-35)30-32-25(21-41-30)22-11-13-24(14-12-22)27(37)34-31(15-7-4-8-16-31)29(39)33-26(28(38)40-2)23-9-5-3-6-10-23/h3,5-6,9-14,21,26H,4,7-8,15-20H2,1-2H3,(H,33,39)(H,34,37)/t26-/m0/s1. The van der Waals surface area contributed by atoms with Gasteiger partial charge in [0, 0.05) is 42.7 Å². The molecule has 41 heavy (non-hydrogen) atoms. The van der Waals surface area contributed by atoms with Crippen molar-refractivity contribution in [1.29, 1.82) is 0 Å². The van der Waals surface area contributed by atoms with E-state index in [4.69, 9.17) is 9.72 Å². The molecule has 2 N–H and O–H groups in total. The number of methoxy groups -OCH3 is 1. The number of amides is 2. The highest BCUT2D eigenvalue weighted by molar-refractivity contribution is 7.14. The van der Waals surface area contributed by atoms with Crippen LogP contribution < -0.4 is 15.5 Å². The summed E-state index contributed by atoms with van der Waals surface area (Å²) in [6, 6.07) is 15.4. The minimum atomic E-state index is -1.11. The second kappa shape index (κ2) is 12.8. The van der Waals surface area contributed by atoms with Crippen LogP contribution >= 0.6 is 11.3 Å². The molecule has 10 heteroatoms. The predicted molar refractivity (Wildman–Crippen MR) is 160 cm³/mol. The lowest BCUT2D eigenvalue weighted by Gasteiger charge is -2.37. The molecule has 2 fully saturated rings. The number of anilines is 1. The van der Waals surface area contributed by atoms with Crippen LogP contribution in [0.2, 0.25) is 0 Å². The van der Waals surface area contributed by atoms with E-state index in [-0.39, 0.29) is 11.8 Å². The zero-order chi connectivity index (χ0) is 28.8. The summed E-state index contributed by atoms with van der Waals surface area (Å²) in [7, 11) is 3.43. The highest BCUT2D eigenvalue weighted by Crippen LogP contribution is 2.31. The van der Waals surface area contributed by atoms with Gasteiger partial charge in [-0.05, 0) is 37.6 Å². The van der Waals surface area contributed by atoms with Crippen molar-refractivity contribution >= 4 is 34.3 Å². The van der Waals surface area contributed by atoms with Gasteiger partial charge in [-0.2, -0.15) is 0 Å². The van der Waals surface area contributed by atoms with E-state index >= 15 is 0 Å². The first-order valence-corrected chi connectivity index (χ1v) is 15.0. The zero-order valence-corrected chi connectivity index (χ0v) is 24.4. The Balaban J connectivity index is 1.29. The maximum Gasteiger partial charge on any atom is 0.333 e. The molecule has 9 nitrogen and oxygen atoms in total. The summed E-state index contributed by atoms with van der Waals surface area (Å²) in [4.78, 5) is 49.2. The topological polar surface area (TPSA) is 104 Å². The number of piperazine rings is 1. The van der Waals surface area contributed by atoms with Crippen LogP contribution in [0.1, 0.15) is 54.1 Å². The number of benzene rings is 2. The van der Waals surface area contributed by atoms with Crippen molar-refractivity contribution in [3.05, 3.63) is 71.1 Å².